The van der Waals surface area contributed by atoms with E-state index in [0.717, 1.165) is 4.57 Å². The van der Waals surface area contributed by atoms with E-state index in [1.807, 2.05) is 0 Å². The van der Waals surface area contributed by atoms with Crippen LogP contribution in [0.3, 0.4) is 0 Å². The molecular weight excluding hydrogens is 304 g/mol. The summed E-state index contributed by atoms with van der Waals surface area (Å²) >= 11 is 0. The predicted octanol–water partition coefficient (Wildman–Crippen LogP) is -0.227. The van der Waals surface area contributed by atoms with E-state index in [-0.39, 0.29) is 16.6 Å². The number of carboxylic acids is 1. The molecule has 2 aromatic heterocycles. The highest BCUT2D eigenvalue weighted by molar-refractivity contribution is 5.90. The van der Waals surface area contributed by atoms with Crippen molar-refractivity contribution in [3.05, 3.63) is 57.1 Å². The lowest BCUT2D eigenvalue weighted by Gasteiger charge is -2.11. The number of carboxylic acid groups (broad SMARTS) is 1. The van der Waals surface area contributed by atoms with Gasteiger partial charge < -0.3 is 14.7 Å². The van der Waals surface area contributed by atoms with Crippen LogP contribution < -0.4 is 11.1 Å². The maximum atomic E-state index is 11.9. The fraction of sp³-hybridized carbons (Fsp3) is 0.0714. The van der Waals surface area contributed by atoms with Crippen LogP contribution in [0.15, 0.2) is 40.4 Å². The van der Waals surface area contributed by atoms with Gasteiger partial charge in [-0.3, -0.25) is 23.7 Å². The molecule has 0 aliphatic carbocycles. The SMILES string of the molecule is O=Cc1cc2[nH]c(=O)c(=O)n(CC(=O)O)c2cc1-n1ccnc1. The zero-order valence-corrected chi connectivity index (χ0v) is 11.6. The molecule has 3 aromatic rings. The van der Waals surface area contributed by atoms with Crippen LogP contribution in [0.5, 0.6) is 0 Å². The van der Waals surface area contributed by atoms with Gasteiger partial charge >= 0.3 is 17.1 Å². The summed E-state index contributed by atoms with van der Waals surface area (Å²) in [5, 5.41) is 8.95. The molecule has 0 saturated carbocycles. The van der Waals surface area contributed by atoms with Crippen LogP contribution in [-0.2, 0) is 11.3 Å². The number of aromatic amines is 1. The van der Waals surface area contributed by atoms with E-state index >= 15 is 0 Å². The van der Waals surface area contributed by atoms with Gasteiger partial charge in [-0.2, -0.15) is 0 Å². The number of benzene rings is 1. The van der Waals surface area contributed by atoms with Crippen molar-refractivity contribution in [3.8, 4) is 5.69 Å². The molecule has 9 heteroatoms. The van der Waals surface area contributed by atoms with Crippen LogP contribution in [0.2, 0.25) is 0 Å². The number of aromatic nitrogens is 4. The Morgan fingerprint density at radius 3 is 2.74 bits per heavy atom. The zero-order valence-electron chi connectivity index (χ0n) is 11.6. The number of aliphatic carboxylic acids is 1. The largest absolute Gasteiger partial charge is 0.480 e. The Kier molecular flexibility index (Phi) is 3.37. The van der Waals surface area contributed by atoms with Crippen LogP contribution in [0.4, 0.5) is 0 Å². The molecule has 9 nitrogen and oxygen atoms in total. The van der Waals surface area contributed by atoms with E-state index in [2.05, 4.69) is 9.97 Å². The highest BCUT2D eigenvalue weighted by atomic mass is 16.4. The second-order valence-electron chi connectivity index (χ2n) is 4.76. The first kappa shape index (κ1) is 14.4. The first-order valence-electron chi connectivity index (χ1n) is 6.47. The van der Waals surface area contributed by atoms with Crippen molar-refractivity contribution in [3.63, 3.8) is 0 Å². The number of imidazole rings is 1. The molecule has 0 amide bonds. The van der Waals surface area contributed by atoms with Crippen LogP contribution in [-0.4, -0.2) is 36.5 Å². The van der Waals surface area contributed by atoms with Crippen LogP contribution in [0.25, 0.3) is 16.7 Å². The quantitative estimate of drug-likeness (QED) is 0.506. The van der Waals surface area contributed by atoms with Crippen LogP contribution in [0.1, 0.15) is 10.4 Å². The molecule has 0 unspecified atom stereocenters. The molecule has 0 bridgehead atoms. The van der Waals surface area contributed by atoms with Gasteiger partial charge in [-0.15, -0.1) is 0 Å². The molecule has 0 aliphatic rings. The lowest BCUT2D eigenvalue weighted by atomic mass is 10.1. The zero-order chi connectivity index (χ0) is 16.6. The maximum Gasteiger partial charge on any atom is 0.323 e. The van der Waals surface area contributed by atoms with E-state index in [4.69, 9.17) is 5.11 Å². The molecule has 2 N–H and O–H groups in total. The average Bonchev–Trinajstić information content (AvgIpc) is 3.04. The molecule has 0 spiro atoms. The number of nitrogens with one attached hydrogen (secondary N) is 1. The van der Waals surface area contributed by atoms with Crippen molar-refractivity contribution in [2.45, 2.75) is 6.54 Å². The normalized spacial score (nSPS) is 10.8. The molecule has 2 heterocycles. The van der Waals surface area contributed by atoms with Crippen molar-refractivity contribution >= 4 is 23.3 Å². The third-order valence-electron chi connectivity index (χ3n) is 3.33. The fourth-order valence-electron chi connectivity index (χ4n) is 2.34. The van der Waals surface area contributed by atoms with Gasteiger partial charge in [0.1, 0.15) is 6.54 Å². The Bertz CT molecular complexity index is 1030. The molecule has 0 aliphatic heterocycles. The summed E-state index contributed by atoms with van der Waals surface area (Å²) < 4.78 is 2.40. The summed E-state index contributed by atoms with van der Waals surface area (Å²) in [5.41, 5.74) is -0.864. The summed E-state index contributed by atoms with van der Waals surface area (Å²) in [6.07, 6.45) is 5.16. The van der Waals surface area contributed by atoms with Crippen LogP contribution in [0, 0.1) is 0 Å². The van der Waals surface area contributed by atoms with E-state index in [1.54, 1.807) is 10.8 Å². The van der Waals surface area contributed by atoms with Crippen molar-refractivity contribution in [2.24, 2.45) is 0 Å². The Balaban J connectivity index is 2.42. The summed E-state index contributed by atoms with van der Waals surface area (Å²) in [7, 11) is 0. The predicted molar refractivity (Wildman–Crippen MR) is 79.0 cm³/mol. The highest BCUT2D eigenvalue weighted by Gasteiger charge is 2.14. The van der Waals surface area contributed by atoms with Crippen molar-refractivity contribution in [1.29, 1.82) is 0 Å². The lowest BCUT2D eigenvalue weighted by molar-refractivity contribution is -0.137. The number of hydrogen-bond donors (Lipinski definition) is 2. The molecule has 1 aromatic carbocycles. The van der Waals surface area contributed by atoms with Gasteiger partial charge in [0.2, 0.25) is 0 Å². The summed E-state index contributed by atoms with van der Waals surface area (Å²) in [5.74, 6) is -1.26. The molecule has 3 rings (SSSR count). The van der Waals surface area contributed by atoms with Gasteiger partial charge in [0.25, 0.3) is 0 Å². The number of H-pyrrole nitrogens is 1. The Morgan fingerprint density at radius 1 is 1.35 bits per heavy atom. The van der Waals surface area contributed by atoms with Gasteiger partial charge in [-0.05, 0) is 12.1 Å². The van der Waals surface area contributed by atoms with Gasteiger partial charge in [0.05, 0.1) is 23.0 Å². The molecule has 116 valence electrons. The third kappa shape index (κ3) is 2.44. The number of fused-ring (bicyclic) bond motifs is 1. The Morgan fingerprint density at radius 2 is 2.13 bits per heavy atom. The molecule has 0 fully saturated rings. The minimum atomic E-state index is -1.26. The lowest BCUT2D eigenvalue weighted by Crippen LogP contribution is -2.37. The van der Waals surface area contributed by atoms with E-state index in [9.17, 15) is 19.2 Å². The summed E-state index contributed by atoms with van der Waals surface area (Å²) in [4.78, 5) is 52.1. The minimum Gasteiger partial charge on any atom is -0.480 e. The summed E-state index contributed by atoms with van der Waals surface area (Å²) in [6, 6.07) is 2.85. The average molecular weight is 314 g/mol. The van der Waals surface area contributed by atoms with Gasteiger partial charge in [0, 0.05) is 18.0 Å². The number of rotatable bonds is 4. The van der Waals surface area contributed by atoms with Gasteiger partial charge in [-0.1, -0.05) is 0 Å². The molecular formula is C14H10N4O5. The number of aldehydes is 1. The molecule has 0 radical (unpaired) electrons. The number of hydrogen-bond acceptors (Lipinski definition) is 5. The number of nitrogens with zero attached hydrogens (tertiary/aromatic N) is 3. The maximum absolute atomic E-state index is 11.9. The first-order valence-corrected chi connectivity index (χ1v) is 6.47. The molecule has 23 heavy (non-hydrogen) atoms. The second-order valence-corrected chi connectivity index (χ2v) is 4.76. The first-order chi connectivity index (χ1) is 11.0. The topological polar surface area (TPSA) is 127 Å². The third-order valence-corrected chi connectivity index (χ3v) is 3.33. The van der Waals surface area contributed by atoms with E-state index in [0.29, 0.717) is 12.0 Å². The van der Waals surface area contributed by atoms with Gasteiger partial charge in [-0.25, -0.2) is 4.98 Å². The number of carbonyl (C=O) groups excluding carboxylic acids is 1. The van der Waals surface area contributed by atoms with Crippen molar-refractivity contribution < 1.29 is 14.7 Å². The van der Waals surface area contributed by atoms with E-state index < -0.39 is 23.6 Å². The monoisotopic (exact) mass is 314 g/mol. The molecule has 0 saturated heterocycles. The minimum absolute atomic E-state index is 0.196. The number of carbonyl (C=O) groups is 2. The fourth-order valence-corrected chi connectivity index (χ4v) is 2.34. The summed E-state index contributed by atoms with van der Waals surface area (Å²) in [6.45, 7) is -0.664. The van der Waals surface area contributed by atoms with Crippen molar-refractivity contribution in [1.82, 2.24) is 19.1 Å². The standard InChI is InChI=1S/C14H10N4O5/c19-6-8-3-9-11(4-10(8)17-2-1-15-7-17)18(5-12(20)21)14(23)13(22)16-9/h1-4,6-7H,5H2,(H,16,22)(H,20,21). The smallest absolute Gasteiger partial charge is 0.323 e. The van der Waals surface area contributed by atoms with E-state index in [1.165, 1.54) is 24.7 Å². The Labute approximate surface area is 127 Å². The molecule has 0 atom stereocenters. The van der Waals surface area contributed by atoms with Crippen molar-refractivity contribution in [2.75, 3.05) is 0 Å². The highest BCUT2D eigenvalue weighted by Crippen LogP contribution is 2.19. The van der Waals surface area contributed by atoms with Gasteiger partial charge in [0.15, 0.2) is 6.29 Å². The Hall–Kier alpha value is -3.49. The second kappa shape index (κ2) is 5.37. The van der Waals surface area contributed by atoms with Crippen LogP contribution >= 0.6 is 0 Å².